The number of furan rings is 1. The zero-order valence-electron chi connectivity index (χ0n) is 15.7. The Kier molecular flexibility index (Phi) is 5.91. The Bertz CT molecular complexity index is 1250. The fourth-order valence-corrected chi connectivity index (χ4v) is 4.18. The second-order valence-electron chi connectivity index (χ2n) is 6.57. The topological polar surface area (TPSA) is 87.8 Å². The van der Waals surface area contributed by atoms with Gasteiger partial charge in [-0.1, -0.05) is 47.5 Å². The van der Waals surface area contributed by atoms with Crippen molar-refractivity contribution >= 4 is 58.2 Å². The Morgan fingerprint density at radius 2 is 1.84 bits per heavy atom. The minimum absolute atomic E-state index is 0.0638. The van der Waals surface area contributed by atoms with E-state index in [-0.39, 0.29) is 17.0 Å². The minimum Gasteiger partial charge on any atom is -0.478 e. The van der Waals surface area contributed by atoms with Crippen molar-refractivity contribution in [2.24, 2.45) is 0 Å². The van der Waals surface area contributed by atoms with Gasteiger partial charge in [-0.15, -0.1) is 0 Å². The van der Waals surface area contributed by atoms with Crippen LogP contribution in [-0.4, -0.2) is 27.1 Å². The van der Waals surface area contributed by atoms with Crippen LogP contribution >= 0.6 is 35.0 Å². The molecule has 156 valence electrons. The van der Waals surface area contributed by atoms with E-state index in [1.165, 1.54) is 12.1 Å². The van der Waals surface area contributed by atoms with E-state index in [4.69, 9.17) is 27.6 Å². The van der Waals surface area contributed by atoms with Gasteiger partial charge in [0.05, 0.1) is 27.1 Å². The fraction of sp³-hybridized carbons (Fsp3) is 0.0455. The zero-order chi connectivity index (χ0) is 22.1. The highest BCUT2D eigenvalue weighted by atomic mass is 35.5. The zero-order valence-corrected chi connectivity index (χ0v) is 18.0. The predicted molar refractivity (Wildman–Crippen MR) is 119 cm³/mol. The Hall–Kier alpha value is -3.00. The van der Waals surface area contributed by atoms with Gasteiger partial charge >= 0.3 is 5.97 Å². The number of aromatic carboxylic acids is 1. The molecule has 2 aromatic carbocycles. The van der Waals surface area contributed by atoms with Crippen molar-refractivity contribution < 1.29 is 23.9 Å². The third-order valence-electron chi connectivity index (χ3n) is 4.52. The number of benzene rings is 2. The number of carboxylic acid groups (broad SMARTS) is 1. The number of carbonyl (C=O) groups excluding carboxylic acids is 2. The number of imide groups is 1. The molecular weight excluding hydrogens is 461 g/mol. The van der Waals surface area contributed by atoms with Crippen LogP contribution < -0.4 is 0 Å². The molecular formula is C22H13Cl2NO5S. The quantitative estimate of drug-likeness (QED) is 0.444. The Balaban J connectivity index is 1.56. The predicted octanol–water partition coefficient (Wildman–Crippen LogP) is 6.19. The van der Waals surface area contributed by atoms with Crippen LogP contribution in [0.15, 0.2) is 63.9 Å². The highest BCUT2D eigenvalue weighted by molar-refractivity contribution is 8.18. The molecule has 31 heavy (non-hydrogen) atoms. The summed E-state index contributed by atoms with van der Waals surface area (Å²) in [6, 6.07) is 14.6. The Morgan fingerprint density at radius 3 is 2.58 bits per heavy atom. The van der Waals surface area contributed by atoms with Gasteiger partial charge < -0.3 is 9.52 Å². The molecule has 2 amide bonds. The molecule has 9 heteroatoms. The maximum atomic E-state index is 12.7. The van der Waals surface area contributed by atoms with Crippen LogP contribution in [0.4, 0.5) is 4.79 Å². The molecule has 1 aliphatic heterocycles. The maximum absolute atomic E-state index is 12.7. The first-order valence-corrected chi connectivity index (χ1v) is 10.5. The molecule has 1 fully saturated rings. The lowest BCUT2D eigenvalue weighted by Gasteiger charge is -2.12. The van der Waals surface area contributed by atoms with Crippen molar-refractivity contribution in [3.63, 3.8) is 0 Å². The van der Waals surface area contributed by atoms with Crippen LogP contribution in [0.1, 0.15) is 21.7 Å². The smallest absolute Gasteiger partial charge is 0.336 e. The summed E-state index contributed by atoms with van der Waals surface area (Å²) >= 11 is 12.7. The number of rotatable bonds is 5. The Labute approximate surface area is 191 Å². The summed E-state index contributed by atoms with van der Waals surface area (Å²) in [6.07, 6.45) is 1.46. The lowest BCUT2D eigenvalue weighted by molar-refractivity contribution is -0.123. The van der Waals surface area contributed by atoms with Crippen LogP contribution in [0.5, 0.6) is 0 Å². The molecule has 1 aromatic heterocycles. The monoisotopic (exact) mass is 473 g/mol. The van der Waals surface area contributed by atoms with Crippen molar-refractivity contribution in [2.45, 2.75) is 6.54 Å². The Morgan fingerprint density at radius 1 is 1.06 bits per heavy atom. The molecule has 0 aliphatic carbocycles. The number of halogens is 2. The van der Waals surface area contributed by atoms with Gasteiger partial charge in [-0.05, 0) is 47.7 Å². The molecule has 1 saturated heterocycles. The molecule has 0 saturated carbocycles. The van der Waals surface area contributed by atoms with Crippen LogP contribution in [0.2, 0.25) is 10.0 Å². The van der Waals surface area contributed by atoms with Gasteiger partial charge in [0.2, 0.25) is 0 Å². The highest BCUT2D eigenvalue weighted by Crippen LogP contribution is 2.35. The van der Waals surface area contributed by atoms with E-state index >= 15 is 0 Å². The van der Waals surface area contributed by atoms with Gasteiger partial charge in [-0.25, -0.2) is 4.79 Å². The van der Waals surface area contributed by atoms with Crippen LogP contribution in [-0.2, 0) is 11.3 Å². The van der Waals surface area contributed by atoms with Crippen molar-refractivity contribution in [1.82, 2.24) is 4.90 Å². The summed E-state index contributed by atoms with van der Waals surface area (Å²) in [5.41, 5.74) is 1.19. The van der Waals surface area contributed by atoms with Gasteiger partial charge in [0.15, 0.2) is 0 Å². The van der Waals surface area contributed by atoms with Gasteiger partial charge in [-0.3, -0.25) is 14.5 Å². The summed E-state index contributed by atoms with van der Waals surface area (Å²) in [4.78, 5) is 37.8. The molecule has 0 radical (unpaired) electrons. The average Bonchev–Trinajstić information content (AvgIpc) is 3.31. The number of amides is 2. The number of hydrogen-bond donors (Lipinski definition) is 1. The third-order valence-corrected chi connectivity index (χ3v) is 6.17. The molecule has 0 spiro atoms. The molecule has 4 rings (SSSR count). The third kappa shape index (κ3) is 4.39. The number of thioether (sulfide) groups is 1. The van der Waals surface area contributed by atoms with Crippen LogP contribution in [0.25, 0.3) is 17.4 Å². The van der Waals surface area contributed by atoms with E-state index in [0.29, 0.717) is 32.7 Å². The number of hydrogen-bond acceptors (Lipinski definition) is 5. The minimum atomic E-state index is -1.07. The highest BCUT2D eigenvalue weighted by Gasteiger charge is 2.35. The van der Waals surface area contributed by atoms with E-state index in [1.807, 2.05) is 0 Å². The fourth-order valence-electron chi connectivity index (χ4n) is 3.05. The van der Waals surface area contributed by atoms with Gasteiger partial charge in [0, 0.05) is 11.6 Å². The summed E-state index contributed by atoms with van der Waals surface area (Å²) in [5, 5.41) is 9.66. The summed E-state index contributed by atoms with van der Waals surface area (Å²) in [6.45, 7) is 0.0638. The molecule has 0 bridgehead atoms. The summed E-state index contributed by atoms with van der Waals surface area (Å²) < 4.78 is 5.72. The van der Waals surface area contributed by atoms with Crippen molar-refractivity contribution in [3.8, 4) is 11.3 Å². The average molecular weight is 474 g/mol. The maximum Gasteiger partial charge on any atom is 0.336 e. The number of carboxylic acids is 1. The lowest BCUT2D eigenvalue weighted by Crippen LogP contribution is -2.27. The molecule has 1 aliphatic rings. The van der Waals surface area contributed by atoms with Gasteiger partial charge in [0.1, 0.15) is 11.5 Å². The molecule has 3 aromatic rings. The van der Waals surface area contributed by atoms with E-state index in [9.17, 15) is 19.5 Å². The molecule has 2 heterocycles. The second-order valence-corrected chi connectivity index (χ2v) is 8.38. The van der Waals surface area contributed by atoms with E-state index < -0.39 is 17.1 Å². The second kappa shape index (κ2) is 8.63. The van der Waals surface area contributed by atoms with Gasteiger partial charge in [0.25, 0.3) is 11.1 Å². The first-order chi connectivity index (χ1) is 14.8. The van der Waals surface area contributed by atoms with E-state index in [2.05, 4.69) is 0 Å². The first kappa shape index (κ1) is 21.2. The normalized spacial score (nSPS) is 15.2. The SMILES string of the molecule is O=C(O)c1ccccc1-c1ccc(/C=C2\SC(=O)N(Cc3ccc(Cl)c(Cl)c3)C2=O)o1. The standard InChI is InChI=1S/C22H13Cl2NO5S/c23-16-7-5-12(9-17(16)24)11-25-20(26)19(31-22(25)29)10-13-6-8-18(30-13)14-3-1-2-4-15(14)21(27)28/h1-10H,11H2,(H,27,28)/b19-10-. The van der Waals surface area contributed by atoms with Crippen LogP contribution in [0, 0.1) is 0 Å². The van der Waals surface area contributed by atoms with Crippen molar-refractivity contribution in [3.05, 3.63) is 86.4 Å². The van der Waals surface area contributed by atoms with Crippen molar-refractivity contribution in [2.75, 3.05) is 0 Å². The van der Waals surface area contributed by atoms with Crippen LogP contribution in [0.3, 0.4) is 0 Å². The molecule has 0 atom stereocenters. The first-order valence-electron chi connectivity index (χ1n) is 8.95. The van der Waals surface area contributed by atoms with Gasteiger partial charge in [-0.2, -0.15) is 0 Å². The number of nitrogens with zero attached hydrogens (tertiary/aromatic N) is 1. The van der Waals surface area contributed by atoms with Crippen molar-refractivity contribution in [1.29, 1.82) is 0 Å². The molecule has 0 unspecified atom stereocenters. The van der Waals surface area contributed by atoms with E-state index in [0.717, 1.165) is 16.7 Å². The van der Waals surface area contributed by atoms with E-state index in [1.54, 1.807) is 48.5 Å². The lowest BCUT2D eigenvalue weighted by atomic mass is 10.1. The molecule has 1 N–H and O–H groups in total. The number of carbonyl (C=O) groups is 3. The molecule has 6 nitrogen and oxygen atoms in total. The largest absolute Gasteiger partial charge is 0.478 e. The summed E-state index contributed by atoms with van der Waals surface area (Å²) in [7, 11) is 0. The summed E-state index contributed by atoms with van der Waals surface area (Å²) in [5.74, 6) is -0.851.